The Morgan fingerprint density at radius 3 is 2.92 bits per heavy atom. The van der Waals surface area contributed by atoms with E-state index in [0.29, 0.717) is 5.92 Å². The number of halogens is 1. The molecule has 1 N–H and O–H groups in total. The van der Waals surface area contributed by atoms with Crippen molar-refractivity contribution in [1.82, 2.24) is 0 Å². The fourth-order valence-corrected chi connectivity index (χ4v) is 8.13. The Morgan fingerprint density at radius 1 is 1.58 bits per heavy atom. The summed E-state index contributed by atoms with van der Waals surface area (Å²) in [6.07, 6.45) is 3.25. The molecule has 1 aliphatic rings. The van der Waals surface area contributed by atoms with Gasteiger partial charge in [0, 0.05) is 0 Å². The van der Waals surface area contributed by atoms with Crippen LogP contribution in [-0.2, 0) is 28.1 Å². The monoisotopic (exact) mass is 380 g/mol. The van der Waals surface area contributed by atoms with Gasteiger partial charge in [-0.25, -0.2) is 0 Å². The molecule has 1 rings (SSSR count). The minimum absolute atomic E-state index is 0.151. The van der Waals surface area contributed by atoms with Crippen molar-refractivity contribution in [3.05, 3.63) is 0 Å². The van der Waals surface area contributed by atoms with Gasteiger partial charge in [-0.3, -0.25) is 0 Å². The molecule has 0 amide bonds. The van der Waals surface area contributed by atoms with Crippen LogP contribution in [-0.4, -0.2) is 24.4 Å². The molecule has 2 nitrogen and oxygen atoms in total. The summed E-state index contributed by atoms with van der Waals surface area (Å²) in [6, 6.07) is 0. The molecule has 0 aromatic heterocycles. The van der Waals surface area contributed by atoms with Gasteiger partial charge in [-0.15, -0.1) is 0 Å². The molecule has 0 unspecified atom stereocenters. The first-order valence-electron chi connectivity index (χ1n) is 4.56. The van der Waals surface area contributed by atoms with Crippen LogP contribution in [0.1, 0.15) is 19.3 Å². The second-order valence-electron chi connectivity index (χ2n) is 3.41. The molecule has 0 spiro atoms. The molecule has 0 aromatic rings. The van der Waals surface area contributed by atoms with Crippen molar-refractivity contribution in [3.63, 3.8) is 0 Å². The van der Waals surface area contributed by atoms with E-state index in [0.717, 1.165) is 23.2 Å². The van der Waals surface area contributed by atoms with Gasteiger partial charge in [0.15, 0.2) is 0 Å². The average molecular weight is 379 g/mol. The van der Waals surface area contributed by atoms with Crippen LogP contribution in [0.3, 0.4) is 0 Å². The van der Waals surface area contributed by atoms with Crippen molar-refractivity contribution < 1.29 is 33.2 Å². The van der Waals surface area contributed by atoms with Crippen molar-refractivity contribution >= 4 is 8.25 Å². The van der Waals surface area contributed by atoms with Crippen LogP contribution in [0.15, 0.2) is 0 Å². The van der Waals surface area contributed by atoms with E-state index in [-0.39, 0.29) is 12.2 Å². The SMILES string of the molecule is CO[C@@H]1CCC[C@@H](O)[C@@H]1[CH2][Hg][Cl]. The Hall–Kier alpha value is 1.15. The first-order valence-corrected chi connectivity index (χ1v) is 15.2. The molecule has 0 saturated heterocycles. The van der Waals surface area contributed by atoms with E-state index in [1.54, 1.807) is 7.11 Å². The minimum atomic E-state index is -1.12. The number of methoxy groups -OCH3 is 1. The third-order valence-electron chi connectivity index (χ3n) is 2.71. The Morgan fingerprint density at radius 2 is 2.33 bits per heavy atom. The average Bonchev–Trinajstić information content (AvgIpc) is 2.09. The van der Waals surface area contributed by atoms with Crippen LogP contribution in [0.5, 0.6) is 0 Å². The van der Waals surface area contributed by atoms with Gasteiger partial charge in [0.05, 0.1) is 0 Å². The molecule has 0 heterocycles. The third kappa shape index (κ3) is 2.83. The second kappa shape index (κ2) is 5.79. The molecule has 0 radical (unpaired) electrons. The molecule has 0 bridgehead atoms. The predicted octanol–water partition coefficient (Wildman–Crippen LogP) is 1.82. The van der Waals surface area contributed by atoms with Crippen LogP contribution in [0, 0.1) is 5.92 Å². The Bertz CT molecular complexity index is 134. The maximum atomic E-state index is 9.70. The standard InChI is InChI=1S/C8H15O2.ClH.Hg/c1-6-7(9)4-3-5-8(6)10-2;;/h6-9H,1,3-5H2,2H3;1H;/q;;+1/p-1/t6-,7+,8+;;/m0../s1. The topological polar surface area (TPSA) is 29.5 Å². The molecule has 1 saturated carbocycles. The number of aliphatic hydroxyl groups excluding tert-OH is 1. The molecule has 1 fully saturated rings. The molecule has 1 aliphatic carbocycles. The zero-order valence-electron chi connectivity index (χ0n) is 7.50. The molecular formula is C8H15ClHgO2. The van der Waals surface area contributed by atoms with E-state index in [9.17, 15) is 5.11 Å². The normalized spacial score (nSPS) is 36.1. The van der Waals surface area contributed by atoms with Crippen molar-refractivity contribution in [2.75, 3.05) is 7.11 Å². The summed E-state index contributed by atoms with van der Waals surface area (Å²) in [4.78, 5) is 0. The van der Waals surface area contributed by atoms with Crippen LogP contribution in [0.2, 0.25) is 3.93 Å². The third-order valence-corrected chi connectivity index (χ3v) is 8.06. The van der Waals surface area contributed by atoms with Gasteiger partial charge in [-0.1, -0.05) is 0 Å². The first kappa shape index (κ1) is 11.2. The van der Waals surface area contributed by atoms with Gasteiger partial charge in [-0.2, -0.15) is 0 Å². The van der Waals surface area contributed by atoms with Gasteiger partial charge in [-0.05, 0) is 0 Å². The Labute approximate surface area is 89.5 Å². The quantitative estimate of drug-likeness (QED) is 0.759. The van der Waals surface area contributed by atoms with Crippen molar-refractivity contribution in [2.24, 2.45) is 5.92 Å². The number of rotatable bonds is 3. The van der Waals surface area contributed by atoms with Crippen LogP contribution in [0.25, 0.3) is 0 Å². The number of hydrogen-bond acceptors (Lipinski definition) is 2. The molecule has 68 valence electrons. The second-order valence-corrected chi connectivity index (χ2v) is 10.4. The van der Waals surface area contributed by atoms with Gasteiger partial charge in [0.25, 0.3) is 0 Å². The van der Waals surface area contributed by atoms with Crippen LogP contribution >= 0.6 is 8.25 Å². The molecule has 4 heteroatoms. The van der Waals surface area contributed by atoms with Crippen molar-refractivity contribution in [3.8, 4) is 0 Å². The van der Waals surface area contributed by atoms with Gasteiger partial charge in [0.1, 0.15) is 0 Å². The summed E-state index contributed by atoms with van der Waals surface area (Å²) in [7, 11) is 7.61. The van der Waals surface area contributed by atoms with Crippen molar-refractivity contribution in [2.45, 2.75) is 35.4 Å². The first-order chi connectivity index (χ1) is 5.79. The van der Waals surface area contributed by atoms with E-state index in [1.165, 1.54) is 0 Å². The summed E-state index contributed by atoms with van der Waals surface area (Å²) >= 11 is -1.12. The van der Waals surface area contributed by atoms with E-state index in [2.05, 4.69) is 0 Å². The van der Waals surface area contributed by atoms with Crippen LogP contribution in [0.4, 0.5) is 0 Å². The molecule has 0 aromatic carbocycles. The van der Waals surface area contributed by atoms with Gasteiger partial charge < -0.3 is 0 Å². The van der Waals surface area contributed by atoms with E-state index in [4.69, 9.17) is 13.0 Å². The maximum absolute atomic E-state index is 9.70. The predicted molar refractivity (Wildman–Crippen MR) is 44.8 cm³/mol. The molecular weight excluding hydrogens is 364 g/mol. The summed E-state index contributed by atoms with van der Waals surface area (Å²) in [5.41, 5.74) is 0. The van der Waals surface area contributed by atoms with Gasteiger partial charge >= 0.3 is 89.9 Å². The fraction of sp³-hybridized carbons (Fsp3) is 1.00. The van der Waals surface area contributed by atoms with E-state index < -0.39 is 23.3 Å². The molecule has 12 heavy (non-hydrogen) atoms. The van der Waals surface area contributed by atoms with Crippen LogP contribution < -0.4 is 0 Å². The molecule has 0 aliphatic heterocycles. The fourth-order valence-electron chi connectivity index (χ4n) is 2.00. The van der Waals surface area contributed by atoms with Crippen molar-refractivity contribution in [1.29, 1.82) is 0 Å². The summed E-state index contributed by atoms with van der Waals surface area (Å²) in [5, 5.41) is 9.70. The van der Waals surface area contributed by atoms with E-state index in [1.807, 2.05) is 0 Å². The zero-order chi connectivity index (χ0) is 8.97. The van der Waals surface area contributed by atoms with Gasteiger partial charge in [0.2, 0.25) is 0 Å². The number of ether oxygens (including phenoxy) is 1. The van der Waals surface area contributed by atoms with E-state index >= 15 is 0 Å². The summed E-state index contributed by atoms with van der Waals surface area (Å²) in [6.45, 7) is 0. The Balaban J connectivity index is 2.47. The summed E-state index contributed by atoms with van der Waals surface area (Å²) in [5.74, 6) is 0.350. The zero-order valence-corrected chi connectivity index (χ0v) is 13.8. The summed E-state index contributed by atoms with van der Waals surface area (Å²) < 4.78 is 6.43. The Kier molecular flexibility index (Phi) is 5.41. The number of hydrogen-bond donors (Lipinski definition) is 1. The molecule has 3 atom stereocenters. The number of aliphatic hydroxyl groups is 1.